The summed E-state index contributed by atoms with van der Waals surface area (Å²) in [7, 11) is 1.28. The smallest absolute Gasteiger partial charge is 0.336 e. The molecule has 0 saturated heterocycles. The van der Waals surface area contributed by atoms with Crippen molar-refractivity contribution >= 4 is 47.2 Å². The minimum atomic E-state index is -0.759. The van der Waals surface area contributed by atoms with Crippen LogP contribution in [0.3, 0.4) is 0 Å². The lowest BCUT2D eigenvalue weighted by molar-refractivity contribution is -0.136. The van der Waals surface area contributed by atoms with Crippen molar-refractivity contribution in [2.75, 3.05) is 12.4 Å². The van der Waals surface area contributed by atoms with E-state index in [1.807, 2.05) is 0 Å². The van der Waals surface area contributed by atoms with Gasteiger partial charge in [-0.15, -0.1) is 0 Å². The fourth-order valence-electron chi connectivity index (χ4n) is 2.92. The van der Waals surface area contributed by atoms with Gasteiger partial charge in [-0.25, -0.2) is 4.79 Å². The van der Waals surface area contributed by atoms with Crippen LogP contribution >= 0.6 is 35.4 Å². The van der Waals surface area contributed by atoms with E-state index in [-0.39, 0.29) is 20.9 Å². The lowest BCUT2D eigenvalue weighted by atomic mass is 9.82. The molecule has 6 nitrogen and oxygen atoms in total. The Morgan fingerprint density at radius 1 is 1.28 bits per heavy atom. The van der Waals surface area contributed by atoms with Crippen LogP contribution in [0.4, 0.5) is 5.82 Å². The Morgan fingerprint density at radius 3 is 2.68 bits per heavy atom. The summed E-state index contributed by atoms with van der Waals surface area (Å²) in [5.41, 5.74) is 1.17. The first-order valence-electron chi connectivity index (χ1n) is 7.21. The number of allylic oxidation sites excluding steroid dienone is 1. The molecule has 1 aromatic carbocycles. The normalized spacial score (nSPS) is 16.2. The monoisotopic (exact) mass is 397 g/mol. The van der Waals surface area contributed by atoms with Crippen molar-refractivity contribution in [3.05, 3.63) is 65.8 Å². The average Bonchev–Trinajstić information content (AvgIpc) is 2.55. The molecule has 2 heterocycles. The predicted octanol–water partition coefficient (Wildman–Crippen LogP) is 3.74. The van der Waals surface area contributed by atoms with Crippen LogP contribution in [0.1, 0.15) is 24.0 Å². The molecular weight excluding hydrogens is 385 g/mol. The van der Waals surface area contributed by atoms with E-state index >= 15 is 0 Å². The van der Waals surface area contributed by atoms with Crippen LogP contribution < -0.4 is 10.9 Å². The minimum absolute atomic E-state index is 0.168. The van der Waals surface area contributed by atoms with Gasteiger partial charge < -0.3 is 15.0 Å². The van der Waals surface area contributed by atoms with Crippen molar-refractivity contribution in [2.45, 2.75) is 12.8 Å². The predicted molar refractivity (Wildman–Crippen MR) is 98.9 cm³/mol. The standard InChI is InChI=1S/C16H13Cl2N3O3S/c1-6-9(15(23)24-2)10(7-4-3-5-8(17)12(7)18)11-13(19-6)20-16(25)21-14(11)22/h3-5,10H,1-2H3,(H3,19,20,21,22,25). The number of aromatic nitrogens is 2. The van der Waals surface area contributed by atoms with Crippen molar-refractivity contribution in [2.24, 2.45) is 0 Å². The van der Waals surface area contributed by atoms with Gasteiger partial charge >= 0.3 is 5.97 Å². The van der Waals surface area contributed by atoms with E-state index in [2.05, 4.69) is 15.3 Å². The van der Waals surface area contributed by atoms with E-state index in [1.165, 1.54) is 7.11 Å². The fourth-order valence-corrected chi connectivity index (χ4v) is 3.53. The molecule has 130 valence electrons. The number of hydrogen-bond acceptors (Lipinski definition) is 5. The molecule has 1 aliphatic heterocycles. The van der Waals surface area contributed by atoms with E-state index in [9.17, 15) is 9.59 Å². The van der Waals surface area contributed by atoms with Crippen molar-refractivity contribution in [3.63, 3.8) is 0 Å². The lowest BCUT2D eigenvalue weighted by Gasteiger charge is -2.29. The van der Waals surface area contributed by atoms with Gasteiger partial charge in [0.25, 0.3) is 5.56 Å². The average molecular weight is 398 g/mol. The first-order valence-corrected chi connectivity index (χ1v) is 8.38. The van der Waals surface area contributed by atoms with Gasteiger partial charge in [0.15, 0.2) is 4.77 Å². The zero-order chi connectivity index (χ0) is 18.3. The molecule has 0 amide bonds. The lowest BCUT2D eigenvalue weighted by Crippen LogP contribution is -2.30. The molecule has 1 atom stereocenters. The Hall–Kier alpha value is -2.09. The van der Waals surface area contributed by atoms with Crippen LogP contribution in [0.5, 0.6) is 0 Å². The summed E-state index contributed by atoms with van der Waals surface area (Å²) in [6.45, 7) is 1.71. The number of H-pyrrole nitrogens is 2. The third-order valence-corrected chi connectivity index (χ3v) is 5.01. The van der Waals surface area contributed by atoms with E-state index in [1.54, 1.807) is 25.1 Å². The zero-order valence-electron chi connectivity index (χ0n) is 13.2. The molecule has 9 heteroatoms. The Kier molecular flexibility index (Phi) is 4.73. The number of nitrogens with one attached hydrogen (secondary N) is 3. The minimum Gasteiger partial charge on any atom is -0.466 e. The number of ether oxygens (including phenoxy) is 1. The molecule has 0 bridgehead atoms. The van der Waals surface area contributed by atoms with Gasteiger partial charge in [-0.05, 0) is 30.8 Å². The van der Waals surface area contributed by atoms with Crippen LogP contribution in [-0.2, 0) is 9.53 Å². The number of hydrogen-bond donors (Lipinski definition) is 3. The molecule has 1 aliphatic rings. The third kappa shape index (κ3) is 2.99. The van der Waals surface area contributed by atoms with Gasteiger partial charge in [0.05, 0.1) is 34.2 Å². The van der Waals surface area contributed by atoms with Crippen molar-refractivity contribution in [3.8, 4) is 0 Å². The number of carbonyl (C=O) groups is 1. The van der Waals surface area contributed by atoms with E-state index in [0.29, 0.717) is 22.1 Å². The summed E-state index contributed by atoms with van der Waals surface area (Å²) in [6, 6.07) is 5.05. The summed E-state index contributed by atoms with van der Waals surface area (Å²) >= 11 is 17.5. The number of rotatable bonds is 2. The Balaban J connectivity index is 2.39. The summed E-state index contributed by atoms with van der Waals surface area (Å²) < 4.78 is 5.07. The van der Waals surface area contributed by atoms with E-state index in [4.69, 9.17) is 40.2 Å². The van der Waals surface area contributed by atoms with Crippen LogP contribution in [0.25, 0.3) is 0 Å². The number of halogens is 2. The topological polar surface area (TPSA) is 87.0 Å². The first kappa shape index (κ1) is 17.7. The van der Waals surface area contributed by atoms with Gasteiger partial charge in [-0.2, -0.15) is 0 Å². The maximum absolute atomic E-state index is 12.6. The van der Waals surface area contributed by atoms with E-state index in [0.717, 1.165) is 0 Å². The summed E-state index contributed by atoms with van der Waals surface area (Å²) in [4.78, 5) is 30.4. The highest BCUT2D eigenvalue weighted by Crippen LogP contribution is 2.43. The second-order valence-corrected chi connectivity index (χ2v) is 6.62. The number of esters is 1. The number of benzene rings is 1. The number of anilines is 1. The Bertz CT molecular complexity index is 1030. The quantitative estimate of drug-likeness (QED) is 0.530. The number of methoxy groups -OCH3 is 1. The molecule has 0 aliphatic carbocycles. The molecule has 2 aromatic rings. The molecular formula is C16H13Cl2N3O3S. The van der Waals surface area contributed by atoms with Gasteiger partial charge in [-0.1, -0.05) is 35.3 Å². The van der Waals surface area contributed by atoms with Gasteiger partial charge in [0.1, 0.15) is 5.82 Å². The van der Waals surface area contributed by atoms with Gasteiger partial charge in [0.2, 0.25) is 0 Å². The molecule has 0 spiro atoms. The Labute approximate surface area is 157 Å². The van der Waals surface area contributed by atoms with Gasteiger partial charge in [-0.3, -0.25) is 9.78 Å². The fraction of sp³-hybridized carbons (Fsp3) is 0.188. The van der Waals surface area contributed by atoms with Crippen LogP contribution in [0, 0.1) is 4.77 Å². The van der Waals surface area contributed by atoms with Gasteiger partial charge in [0, 0.05) is 5.70 Å². The van der Waals surface area contributed by atoms with Crippen LogP contribution in [0.15, 0.2) is 34.3 Å². The maximum atomic E-state index is 12.6. The molecule has 3 rings (SSSR count). The second-order valence-electron chi connectivity index (χ2n) is 5.43. The highest BCUT2D eigenvalue weighted by molar-refractivity contribution is 7.71. The third-order valence-electron chi connectivity index (χ3n) is 3.97. The van der Waals surface area contributed by atoms with Crippen LogP contribution in [-0.4, -0.2) is 23.0 Å². The molecule has 0 fully saturated rings. The molecule has 1 aromatic heterocycles. The molecule has 0 radical (unpaired) electrons. The van der Waals surface area contributed by atoms with Crippen molar-refractivity contribution in [1.82, 2.24) is 9.97 Å². The molecule has 25 heavy (non-hydrogen) atoms. The number of fused-ring (bicyclic) bond motifs is 1. The van der Waals surface area contributed by atoms with Crippen LogP contribution in [0.2, 0.25) is 10.0 Å². The SMILES string of the molecule is COC(=O)C1=C(C)Nc2[nH]c(=S)[nH]c(=O)c2C1c1cccc(Cl)c1Cl. The number of aromatic amines is 2. The zero-order valence-corrected chi connectivity index (χ0v) is 15.5. The number of carbonyl (C=O) groups excluding carboxylic acids is 1. The summed E-state index contributed by atoms with van der Waals surface area (Å²) in [6.07, 6.45) is 0. The van der Waals surface area contributed by atoms with E-state index < -0.39 is 17.4 Å². The Morgan fingerprint density at radius 2 is 2.00 bits per heavy atom. The van der Waals surface area contributed by atoms with Crippen molar-refractivity contribution < 1.29 is 9.53 Å². The molecule has 1 unspecified atom stereocenters. The highest BCUT2D eigenvalue weighted by atomic mass is 35.5. The first-order chi connectivity index (χ1) is 11.8. The maximum Gasteiger partial charge on any atom is 0.336 e. The largest absolute Gasteiger partial charge is 0.466 e. The summed E-state index contributed by atoms with van der Waals surface area (Å²) in [5.74, 6) is -0.927. The second kappa shape index (κ2) is 6.67. The molecule has 0 saturated carbocycles. The van der Waals surface area contributed by atoms with Crippen molar-refractivity contribution in [1.29, 1.82) is 0 Å². The highest BCUT2D eigenvalue weighted by Gasteiger charge is 2.36. The molecule has 3 N–H and O–H groups in total. The summed E-state index contributed by atoms with van der Waals surface area (Å²) in [5, 5.41) is 3.58.